The molecule has 192 valence electrons. The van der Waals surface area contributed by atoms with E-state index in [1.807, 2.05) is 36.4 Å². The molecule has 4 N–H and O–H groups in total. The highest BCUT2D eigenvalue weighted by molar-refractivity contribution is 6.00. The fraction of sp³-hybridized carbons (Fsp3) is 0.345. The highest BCUT2D eigenvalue weighted by Gasteiger charge is 2.25. The highest BCUT2D eigenvalue weighted by atomic mass is 16.5. The molecule has 1 fully saturated rings. The number of benzene rings is 2. The average Bonchev–Trinajstić information content (AvgIpc) is 2.91. The van der Waals surface area contributed by atoms with Crippen LogP contribution in [0.2, 0.25) is 0 Å². The Kier molecular flexibility index (Phi) is 7.95. The van der Waals surface area contributed by atoms with Crippen molar-refractivity contribution in [2.75, 3.05) is 38.8 Å². The maximum absolute atomic E-state index is 13.1. The number of nitrogens with two attached hydrogens (primary N) is 1. The molecule has 1 aliphatic rings. The van der Waals surface area contributed by atoms with Crippen LogP contribution in [0, 0.1) is 11.3 Å². The average molecular weight is 499 g/mol. The quantitative estimate of drug-likeness (QED) is 0.389. The zero-order valence-corrected chi connectivity index (χ0v) is 21.7. The monoisotopic (exact) mass is 498 g/mol. The molecule has 1 aliphatic carbocycles. The first-order valence-electron chi connectivity index (χ1n) is 12.5. The molecule has 0 atom stereocenters. The number of ether oxygens (including phenoxy) is 1. The lowest BCUT2D eigenvalue weighted by Crippen LogP contribution is -2.42. The molecule has 0 spiro atoms. The number of nitriles is 1. The van der Waals surface area contributed by atoms with Gasteiger partial charge in [0.05, 0.1) is 30.2 Å². The van der Waals surface area contributed by atoms with Gasteiger partial charge in [-0.05, 0) is 69.4 Å². The van der Waals surface area contributed by atoms with Gasteiger partial charge in [0.25, 0.3) is 5.91 Å². The summed E-state index contributed by atoms with van der Waals surface area (Å²) in [5.41, 5.74) is 9.43. The van der Waals surface area contributed by atoms with E-state index in [4.69, 9.17) is 15.7 Å². The van der Waals surface area contributed by atoms with Crippen LogP contribution in [0.5, 0.6) is 5.75 Å². The molecule has 4 rings (SSSR count). The fourth-order valence-electron chi connectivity index (χ4n) is 4.85. The molecule has 0 bridgehead atoms. The highest BCUT2D eigenvalue weighted by Crippen LogP contribution is 2.36. The van der Waals surface area contributed by atoms with Crippen LogP contribution in [-0.2, 0) is 0 Å². The Bertz CT molecular complexity index is 1350. The summed E-state index contributed by atoms with van der Waals surface area (Å²) in [4.78, 5) is 20.0. The molecule has 1 heterocycles. The number of amides is 1. The van der Waals surface area contributed by atoms with Gasteiger partial charge in [-0.15, -0.1) is 0 Å². The first-order chi connectivity index (χ1) is 17.8. The topological polar surface area (TPSA) is 116 Å². The minimum absolute atomic E-state index is 0.124. The van der Waals surface area contributed by atoms with E-state index in [1.165, 1.54) is 0 Å². The second-order valence-electron chi connectivity index (χ2n) is 9.72. The Balaban J connectivity index is 1.61. The van der Waals surface area contributed by atoms with Crippen molar-refractivity contribution < 1.29 is 9.53 Å². The molecule has 2 aromatic carbocycles. The Hall–Kier alpha value is -4.09. The number of hydrogen-bond acceptors (Lipinski definition) is 7. The van der Waals surface area contributed by atoms with E-state index in [2.05, 4.69) is 47.3 Å². The number of aromatic nitrogens is 1. The third-order valence-electron chi connectivity index (χ3n) is 7.04. The maximum Gasteiger partial charge on any atom is 0.272 e. The second-order valence-corrected chi connectivity index (χ2v) is 9.72. The third-order valence-corrected chi connectivity index (χ3v) is 7.04. The number of anilines is 2. The molecule has 3 aromatic rings. The minimum Gasteiger partial charge on any atom is -0.495 e. The van der Waals surface area contributed by atoms with E-state index in [-0.39, 0.29) is 17.6 Å². The van der Waals surface area contributed by atoms with Gasteiger partial charge in [0.15, 0.2) is 5.69 Å². The number of carbonyl (C=O) groups is 1. The van der Waals surface area contributed by atoms with Crippen molar-refractivity contribution in [3.63, 3.8) is 0 Å². The summed E-state index contributed by atoms with van der Waals surface area (Å²) in [5, 5.41) is 17.4. The van der Waals surface area contributed by atoms with Gasteiger partial charge in [-0.25, -0.2) is 4.98 Å². The third kappa shape index (κ3) is 5.84. The van der Waals surface area contributed by atoms with Crippen molar-refractivity contribution in [1.82, 2.24) is 15.2 Å². The Morgan fingerprint density at radius 2 is 1.92 bits per heavy atom. The number of methoxy groups -OCH3 is 1. The summed E-state index contributed by atoms with van der Waals surface area (Å²) in [6.07, 6.45) is 3.99. The van der Waals surface area contributed by atoms with Gasteiger partial charge in [0.1, 0.15) is 5.75 Å². The van der Waals surface area contributed by atoms with Crippen LogP contribution in [0.15, 0.2) is 54.6 Å². The zero-order valence-electron chi connectivity index (χ0n) is 21.7. The lowest BCUT2D eigenvalue weighted by molar-refractivity contribution is 0.0912. The van der Waals surface area contributed by atoms with Crippen LogP contribution in [0.4, 0.5) is 11.4 Å². The molecule has 37 heavy (non-hydrogen) atoms. The van der Waals surface area contributed by atoms with Crippen molar-refractivity contribution in [3.05, 3.63) is 60.3 Å². The molecular formula is C29H34N6O2. The molecule has 0 saturated heterocycles. The fourth-order valence-corrected chi connectivity index (χ4v) is 4.85. The normalized spacial score (nSPS) is 17.3. The van der Waals surface area contributed by atoms with E-state index in [9.17, 15) is 4.79 Å². The smallest absolute Gasteiger partial charge is 0.272 e. The molecule has 1 aromatic heterocycles. The van der Waals surface area contributed by atoms with Crippen molar-refractivity contribution in [2.24, 2.45) is 0 Å². The Morgan fingerprint density at radius 1 is 1.19 bits per heavy atom. The number of fused-ring (bicyclic) bond motifs is 1. The molecule has 1 saturated carbocycles. The SMILES string of the molecule is C=C(C#N)CNc1c(OC)ccc2ccc(-c3ccc(N)c(C(=O)N[C@H]4CC[C@@H](N(C)C)CC4)n3)cc12. The van der Waals surface area contributed by atoms with Gasteiger partial charge in [-0.1, -0.05) is 24.8 Å². The van der Waals surface area contributed by atoms with Gasteiger partial charge in [0, 0.05) is 35.2 Å². The van der Waals surface area contributed by atoms with Gasteiger partial charge < -0.3 is 26.0 Å². The summed E-state index contributed by atoms with van der Waals surface area (Å²) in [6.45, 7) is 4.05. The molecule has 0 unspecified atom stereocenters. The van der Waals surface area contributed by atoms with Crippen LogP contribution in [0.3, 0.4) is 0 Å². The Morgan fingerprint density at radius 3 is 2.59 bits per heavy atom. The molecule has 1 amide bonds. The van der Waals surface area contributed by atoms with Gasteiger partial charge in [-0.2, -0.15) is 5.26 Å². The number of rotatable bonds is 8. The molecule has 8 heteroatoms. The van der Waals surface area contributed by atoms with E-state index in [1.54, 1.807) is 13.2 Å². The number of nitrogens with zero attached hydrogens (tertiary/aromatic N) is 3. The maximum atomic E-state index is 13.1. The van der Waals surface area contributed by atoms with Gasteiger partial charge >= 0.3 is 0 Å². The number of carbonyl (C=O) groups excluding carboxylic acids is 1. The summed E-state index contributed by atoms with van der Waals surface area (Å²) in [7, 11) is 5.81. The van der Waals surface area contributed by atoms with E-state index in [0.717, 1.165) is 47.7 Å². The largest absolute Gasteiger partial charge is 0.495 e. The first-order valence-corrected chi connectivity index (χ1v) is 12.5. The molecule has 0 radical (unpaired) electrons. The van der Waals surface area contributed by atoms with E-state index in [0.29, 0.717) is 35.3 Å². The standard InChI is InChI=1S/C29H34N6O2/c1-18(16-30)17-32-27-23-15-20(6-5-19(23)7-14-26(27)37-4)25-13-12-24(31)28(34-25)29(36)33-21-8-10-22(11-9-21)35(2)3/h5-7,12-15,21-22,32H,1,8-11,17,31H2,2-4H3,(H,33,36)/t21-,22+. The summed E-state index contributed by atoms with van der Waals surface area (Å²) >= 11 is 0. The van der Waals surface area contributed by atoms with E-state index < -0.39 is 0 Å². The van der Waals surface area contributed by atoms with E-state index >= 15 is 0 Å². The summed E-state index contributed by atoms with van der Waals surface area (Å²) in [5.74, 6) is 0.414. The molecular weight excluding hydrogens is 464 g/mol. The van der Waals surface area contributed by atoms with Gasteiger partial charge in [-0.3, -0.25) is 4.79 Å². The number of hydrogen-bond donors (Lipinski definition) is 3. The van der Waals surface area contributed by atoms with Crippen LogP contribution in [-0.4, -0.2) is 55.6 Å². The lowest BCUT2D eigenvalue weighted by Gasteiger charge is -2.32. The predicted octanol–water partition coefficient (Wildman–Crippen LogP) is 4.59. The number of nitrogen functional groups attached to an aromatic ring is 1. The molecule has 0 aliphatic heterocycles. The van der Waals surface area contributed by atoms with Crippen molar-refractivity contribution in [3.8, 4) is 23.1 Å². The van der Waals surface area contributed by atoms with Crippen molar-refractivity contribution in [1.29, 1.82) is 5.26 Å². The number of nitrogens with one attached hydrogen (secondary N) is 2. The van der Waals surface area contributed by atoms with Crippen LogP contribution < -0.4 is 21.1 Å². The zero-order chi connectivity index (χ0) is 26.5. The molecule has 8 nitrogen and oxygen atoms in total. The van der Waals surface area contributed by atoms with Crippen LogP contribution >= 0.6 is 0 Å². The second kappa shape index (κ2) is 11.3. The number of pyridine rings is 1. The lowest BCUT2D eigenvalue weighted by atomic mass is 9.90. The van der Waals surface area contributed by atoms with Crippen LogP contribution in [0.1, 0.15) is 36.2 Å². The minimum atomic E-state index is -0.243. The predicted molar refractivity (Wildman–Crippen MR) is 149 cm³/mol. The summed E-state index contributed by atoms with van der Waals surface area (Å²) < 4.78 is 5.56. The summed E-state index contributed by atoms with van der Waals surface area (Å²) in [6, 6.07) is 16.1. The van der Waals surface area contributed by atoms with Crippen LogP contribution in [0.25, 0.3) is 22.0 Å². The van der Waals surface area contributed by atoms with Crippen molar-refractivity contribution in [2.45, 2.75) is 37.8 Å². The van der Waals surface area contributed by atoms with Crippen molar-refractivity contribution >= 4 is 28.1 Å². The van der Waals surface area contributed by atoms with Gasteiger partial charge in [0.2, 0.25) is 0 Å². The Labute approximate surface area is 218 Å². The first kappa shape index (κ1) is 26.0.